The molecule has 184 valence electrons. The van der Waals surface area contributed by atoms with Crippen molar-refractivity contribution in [3.05, 3.63) is 60.4 Å². The SMILES string of the molecule is N#CC1C[C@H](F)CN1C(=O)CN1CC[C@H](Nc2ccc(C(=O)Nc3ccccn3)c3ncccc23)C1. The summed E-state index contributed by atoms with van der Waals surface area (Å²) in [7, 11) is 0. The number of likely N-dealkylation sites (tertiary alicyclic amines) is 2. The Balaban J connectivity index is 1.26. The van der Waals surface area contributed by atoms with Crippen molar-refractivity contribution in [2.75, 3.05) is 36.8 Å². The molecule has 1 unspecified atom stereocenters. The molecular formula is C26H26FN7O2. The van der Waals surface area contributed by atoms with Crippen LogP contribution < -0.4 is 10.6 Å². The molecule has 0 aliphatic carbocycles. The largest absolute Gasteiger partial charge is 0.380 e. The topological polar surface area (TPSA) is 114 Å². The second-order valence-electron chi connectivity index (χ2n) is 9.12. The van der Waals surface area contributed by atoms with Gasteiger partial charge >= 0.3 is 0 Å². The summed E-state index contributed by atoms with van der Waals surface area (Å²) in [6, 6.07) is 14.1. The monoisotopic (exact) mass is 487 g/mol. The highest BCUT2D eigenvalue weighted by Crippen LogP contribution is 2.28. The molecule has 2 aromatic heterocycles. The number of anilines is 2. The number of nitriles is 1. The van der Waals surface area contributed by atoms with Crippen LogP contribution in [0, 0.1) is 11.3 Å². The normalized spacial score (nSPS) is 21.9. The number of rotatable bonds is 6. The first kappa shape index (κ1) is 23.6. The van der Waals surface area contributed by atoms with Gasteiger partial charge in [-0.25, -0.2) is 9.37 Å². The van der Waals surface area contributed by atoms with E-state index < -0.39 is 12.2 Å². The maximum atomic E-state index is 13.7. The summed E-state index contributed by atoms with van der Waals surface area (Å²) in [6.07, 6.45) is 3.04. The molecule has 0 bridgehead atoms. The van der Waals surface area contributed by atoms with E-state index in [0.717, 1.165) is 17.5 Å². The Bertz CT molecular complexity index is 1310. The first-order valence-electron chi connectivity index (χ1n) is 11.9. The molecule has 3 atom stereocenters. The van der Waals surface area contributed by atoms with E-state index in [1.807, 2.05) is 29.2 Å². The van der Waals surface area contributed by atoms with Crippen LogP contribution in [0.25, 0.3) is 10.9 Å². The van der Waals surface area contributed by atoms with E-state index in [0.29, 0.717) is 30.0 Å². The Labute approximate surface area is 207 Å². The lowest BCUT2D eigenvalue weighted by molar-refractivity contribution is -0.132. The van der Waals surface area contributed by atoms with E-state index in [1.54, 1.807) is 36.7 Å². The lowest BCUT2D eigenvalue weighted by Gasteiger charge is -2.23. The van der Waals surface area contributed by atoms with Crippen LogP contribution in [0.3, 0.4) is 0 Å². The molecule has 0 spiro atoms. The van der Waals surface area contributed by atoms with Gasteiger partial charge in [0, 0.05) is 49.0 Å². The van der Waals surface area contributed by atoms with Crippen LogP contribution in [0.5, 0.6) is 0 Å². The van der Waals surface area contributed by atoms with Crippen molar-refractivity contribution in [2.24, 2.45) is 0 Å². The van der Waals surface area contributed by atoms with Gasteiger partial charge in [0.15, 0.2) is 0 Å². The zero-order valence-electron chi connectivity index (χ0n) is 19.6. The summed E-state index contributed by atoms with van der Waals surface area (Å²) in [6.45, 7) is 1.51. The Kier molecular flexibility index (Phi) is 6.73. The molecule has 2 fully saturated rings. The van der Waals surface area contributed by atoms with Crippen molar-refractivity contribution in [2.45, 2.75) is 31.1 Å². The number of benzene rings is 1. The maximum Gasteiger partial charge on any atom is 0.259 e. The number of hydrogen-bond donors (Lipinski definition) is 2. The van der Waals surface area contributed by atoms with Crippen LogP contribution in [-0.2, 0) is 4.79 Å². The van der Waals surface area contributed by atoms with Gasteiger partial charge in [-0.3, -0.25) is 19.5 Å². The maximum absolute atomic E-state index is 13.7. The van der Waals surface area contributed by atoms with Crippen LogP contribution >= 0.6 is 0 Å². The number of alkyl halides is 1. The van der Waals surface area contributed by atoms with E-state index >= 15 is 0 Å². The second kappa shape index (κ2) is 10.3. The average molecular weight is 488 g/mol. The fourth-order valence-electron chi connectivity index (χ4n) is 4.88. The number of nitrogens with zero attached hydrogens (tertiary/aromatic N) is 5. The highest BCUT2D eigenvalue weighted by Gasteiger charge is 2.36. The number of amides is 2. The molecule has 4 heterocycles. The van der Waals surface area contributed by atoms with Crippen molar-refractivity contribution in [1.29, 1.82) is 5.26 Å². The number of hydrogen-bond acceptors (Lipinski definition) is 7. The van der Waals surface area contributed by atoms with Crippen LogP contribution in [-0.4, -0.2) is 76.0 Å². The molecule has 5 rings (SSSR count). The van der Waals surface area contributed by atoms with Crippen molar-refractivity contribution < 1.29 is 14.0 Å². The molecule has 9 nitrogen and oxygen atoms in total. The van der Waals surface area contributed by atoms with E-state index in [1.165, 1.54) is 4.90 Å². The molecule has 3 aromatic rings. The number of fused-ring (bicyclic) bond motifs is 1. The molecule has 0 radical (unpaired) electrons. The first-order valence-corrected chi connectivity index (χ1v) is 11.9. The van der Waals surface area contributed by atoms with Gasteiger partial charge < -0.3 is 15.5 Å². The van der Waals surface area contributed by atoms with Gasteiger partial charge in [-0.1, -0.05) is 6.07 Å². The smallest absolute Gasteiger partial charge is 0.259 e. The Morgan fingerprint density at radius 2 is 1.97 bits per heavy atom. The van der Waals surface area contributed by atoms with Crippen LogP contribution in [0.2, 0.25) is 0 Å². The van der Waals surface area contributed by atoms with Gasteiger partial charge in [-0.2, -0.15) is 5.26 Å². The lowest BCUT2D eigenvalue weighted by Crippen LogP contribution is -2.42. The van der Waals surface area contributed by atoms with Crippen molar-refractivity contribution in [3.63, 3.8) is 0 Å². The van der Waals surface area contributed by atoms with Crippen molar-refractivity contribution in [3.8, 4) is 6.07 Å². The molecule has 2 aliphatic rings. The molecule has 2 N–H and O–H groups in total. The number of carbonyl (C=O) groups excluding carboxylic acids is 2. The molecular weight excluding hydrogens is 461 g/mol. The highest BCUT2D eigenvalue weighted by atomic mass is 19.1. The summed E-state index contributed by atoms with van der Waals surface area (Å²) in [5.74, 6) is -0.0330. The minimum atomic E-state index is -1.14. The molecule has 10 heteroatoms. The third-order valence-corrected chi connectivity index (χ3v) is 6.63. The Hall–Kier alpha value is -4.10. The number of pyridine rings is 2. The zero-order chi connectivity index (χ0) is 25.1. The molecule has 2 amide bonds. The summed E-state index contributed by atoms with van der Waals surface area (Å²) in [5.41, 5.74) is 1.89. The number of halogens is 1. The summed E-state index contributed by atoms with van der Waals surface area (Å²) in [5, 5.41) is 16.4. The lowest BCUT2D eigenvalue weighted by atomic mass is 10.1. The van der Waals surface area contributed by atoms with Gasteiger partial charge in [-0.05, 0) is 42.8 Å². The molecule has 0 saturated carbocycles. The molecule has 36 heavy (non-hydrogen) atoms. The average Bonchev–Trinajstić information content (AvgIpc) is 3.50. The predicted molar refractivity (Wildman–Crippen MR) is 133 cm³/mol. The predicted octanol–water partition coefficient (Wildman–Crippen LogP) is 2.83. The Morgan fingerprint density at radius 1 is 1.11 bits per heavy atom. The van der Waals surface area contributed by atoms with Crippen molar-refractivity contribution >= 4 is 34.2 Å². The summed E-state index contributed by atoms with van der Waals surface area (Å²) >= 11 is 0. The van der Waals surface area contributed by atoms with Gasteiger partial charge in [0.1, 0.15) is 18.0 Å². The number of carbonyl (C=O) groups is 2. The second-order valence-corrected chi connectivity index (χ2v) is 9.12. The van der Waals surface area contributed by atoms with Gasteiger partial charge in [0.05, 0.1) is 30.2 Å². The van der Waals surface area contributed by atoms with Crippen LogP contribution in [0.4, 0.5) is 15.9 Å². The molecule has 2 saturated heterocycles. The fraction of sp³-hybridized carbons (Fsp3) is 0.346. The summed E-state index contributed by atoms with van der Waals surface area (Å²) < 4.78 is 13.7. The van der Waals surface area contributed by atoms with Gasteiger partial charge in [-0.15, -0.1) is 0 Å². The third kappa shape index (κ3) is 4.97. The zero-order valence-corrected chi connectivity index (χ0v) is 19.6. The number of nitrogens with one attached hydrogen (secondary N) is 2. The molecule has 1 aromatic carbocycles. The van der Waals surface area contributed by atoms with E-state index in [9.17, 15) is 19.2 Å². The number of aromatic nitrogens is 2. The first-order chi connectivity index (χ1) is 17.5. The van der Waals surface area contributed by atoms with Crippen LogP contribution in [0.15, 0.2) is 54.9 Å². The molecule has 2 aliphatic heterocycles. The summed E-state index contributed by atoms with van der Waals surface area (Å²) in [4.78, 5) is 37.6. The minimum Gasteiger partial charge on any atom is -0.380 e. The highest BCUT2D eigenvalue weighted by molar-refractivity contribution is 6.13. The van der Waals surface area contributed by atoms with Gasteiger partial charge in [0.2, 0.25) is 5.91 Å². The van der Waals surface area contributed by atoms with E-state index in [4.69, 9.17) is 0 Å². The van der Waals surface area contributed by atoms with Crippen molar-refractivity contribution in [1.82, 2.24) is 19.8 Å². The van der Waals surface area contributed by atoms with Crippen LogP contribution in [0.1, 0.15) is 23.2 Å². The minimum absolute atomic E-state index is 0.00811. The third-order valence-electron chi connectivity index (χ3n) is 6.63. The Morgan fingerprint density at radius 3 is 2.78 bits per heavy atom. The standard InChI is InChI=1S/C26H26FN7O2/c27-17-12-19(13-28)34(14-17)24(35)16-33-11-8-18(15-33)31-22-7-6-21(25-20(22)4-3-10-30-25)26(36)32-23-5-1-2-9-29-23/h1-7,9-10,17-19,31H,8,11-12,14-16H2,(H,29,32,36)/t17-,18-,19?/m0/s1. The fourth-order valence-corrected chi connectivity index (χ4v) is 4.88. The van der Waals surface area contributed by atoms with Gasteiger partial charge in [0.25, 0.3) is 5.91 Å². The van der Waals surface area contributed by atoms with E-state index in [2.05, 4.69) is 20.6 Å². The quantitative estimate of drug-likeness (QED) is 0.550. The van der Waals surface area contributed by atoms with E-state index in [-0.39, 0.29) is 37.4 Å².